The highest BCUT2D eigenvalue weighted by Crippen LogP contribution is 2.25. The first-order valence-electron chi connectivity index (χ1n) is 7.45. The van der Waals surface area contributed by atoms with E-state index in [0.29, 0.717) is 16.3 Å². The van der Waals surface area contributed by atoms with Crippen LogP contribution in [0.2, 0.25) is 5.02 Å². The molecule has 136 valence electrons. The molecule has 10 heteroatoms. The van der Waals surface area contributed by atoms with Gasteiger partial charge in [0.1, 0.15) is 0 Å². The molecule has 0 atom stereocenters. The second-order valence-corrected chi connectivity index (χ2v) is 8.61. The first-order valence-corrected chi connectivity index (χ1v) is 10.3. The molecule has 0 fully saturated rings. The summed E-state index contributed by atoms with van der Waals surface area (Å²) in [5, 5.41) is 3.22. The number of hydrogen-bond acceptors (Lipinski definition) is 5. The van der Waals surface area contributed by atoms with Crippen molar-refractivity contribution in [2.75, 3.05) is 11.1 Å². The summed E-state index contributed by atoms with van der Waals surface area (Å²) in [6.45, 7) is 0. The van der Waals surface area contributed by atoms with Gasteiger partial charge in [-0.15, -0.1) is 16.6 Å². The van der Waals surface area contributed by atoms with E-state index in [1.54, 1.807) is 24.3 Å². The smallest absolute Gasteiger partial charge is 0.257 e. The summed E-state index contributed by atoms with van der Waals surface area (Å²) in [6, 6.07) is 11.2. The van der Waals surface area contributed by atoms with Gasteiger partial charge in [-0.05, 0) is 48.0 Å². The molecule has 2 aromatic rings. The average Bonchev–Trinajstić information content (AvgIpc) is 2.98. The Kier molecular flexibility index (Phi) is 5.52. The molecule has 0 aromatic heterocycles. The van der Waals surface area contributed by atoms with Gasteiger partial charge in [0.15, 0.2) is 0 Å². The van der Waals surface area contributed by atoms with Crippen molar-refractivity contribution in [3.63, 3.8) is 0 Å². The normalized spacial score (nSPS) is 13.2. The number of thioether (sulfide) groups is 1. The number of anilines is 1. The lowest BCUT2D eigenvalue weighted by atomic mass is 10.2. The lowest BCUT2D eigenvalue weighted by Crippen LogP contribution is -2.42. The quantitative estimate of drug-likeness (QED) is 0.497. The monoisotopic (exact) mass is 411 g/mol. The van der Waals surface area contributed by atoms with Gasteiger partial charge in [0.05, 0.1) is 17.1 Å². The van der Waals surface area contributed by atoms with Gasteiger partial charge in [-0.3, -0.25) is 15.0 Å². The van der Waals surface area contributed by atoms with Crippen molar-refractivity contribution < 1.29 is 18.0 Å². The molecule has 3 N–H and O–H groups in total. The lowest BCUT2D eigenvalue weighted by Gasteiger charge is -2.09. The van der Waals surface area contributed by atoms with Crippen LogP contribution in [0, 0.1) is 0 Å². The van der Waals surface area contributed by atoms with Gasteiger partial charge in [0.25, 0.3) is 10.0 Å². The standard InChI is InChI=1S/C16H14ClN3O4S2/c17-11-1-3-12(4-2-11)25-9-16(22)19-20-26(23,24)13-5-6-14-10(7-13)8-15(21)18-14/h1-7,20H,8-9H2,(H,18,21)(H,19,22). The highest BCUT2D eigenvalue weighted by molar-refractivity contribution is 8.00. The van der Waals surface area contributed by atoms with Crippen LogP contribution in [-0.4, -0.2) is 26.0 Å². The van der Waals surface area contributed by atoms with Gasteiger partial charge in [0, 0.05) is 15.6 Å². The molecular formula is C16H14ClN3O4S2. The maximum Gasteiger partial charge on any atom is 0.257 e. The molecule has 1 heterocycles. The largest absolute Gasteiger partial charge is 0.326 e. The lowest BCUT2D eigenvalue weighted by molar-refractivity contribution is -0.119. The number of amides is 2. The number of hydrazine groups is 1. The van der Waals surface area contributed by atoms with Crippen molar-refractivity contribution in [3.05, 3.63) is 53.1 Å². The van der Waals surface area contributed by atoms with Gasteiger partial charge in [-0.1, -0.05) is 11.6 Å². The summed E-state index contributed by atoms with van der Waals surface area (Å²) in [5.74, 6) is -0.645. The van der Waals surface area contributed by atoms with E-state index in [-0.39, 0.29) is 23.0 Å². The Balaban J connectivity index is 1.56. The fourth-order valence-electron chi connectivity index (χ4n) is 2.27. The number of halogens is 1. The predicted molar refractivity (Wildman–Crippen MR) is 99.4 cm³/mol. The van der Waals surface area contributed by atoms with Gasteiger partial charge in [0.2, 0.25) is 11.8 Å². The van der Waals surface area contributed by atoms with Crippen LogP contribution in [0.25, 0.3) is 0 Å². The van der Waals surface area contributed by atoms with Crippen molar-refractivity contribution >= 4 is 50.9 Å². The Morgan fingerprint density at radius 3 is 2.65 bits per heavy atom. The van der Waals surface area contributed by atoms with Gasteiger partial charge < -0.3 is 5.32 Å². The summed E-state index contributed by atoms with van der Waals surface area (Å²) in [7, 11) is -3.93. The maximum atomic E-state index is 12.3. The van der Waals surface area contributed by atoms with Crippen LogP contribution >= 0.6 is 23.4 Å². The topological polar surface area (TPSA) is 104 Å². The van der Waals surface area contributed by atoms with E-state index in [1.165, 1.54) is 30.0 Å². The fraction of sp³-hybridized carbons (Fsp3) is 0.125. The van der Waals surface area contributed by atoms with Gasteiger partial charge in [-0.2, -0.15) is 0 Å². The summed E-state index contributed by atoms with van der Waals surface area (Å²) in [6.07, 6.45) is 0.128. The first-order chi connectivity index (χ1) is 12.3. The summed E-state index contributed by atoms with van der Waals surface area (Å²) < 4.78 is 24.6. The van der Waals surface area contributed by atoms with Crippen molar-refractivity contribution in [3.8, 4) is 0 Å². The van der Waals surface area contributed by atoms with Crippen LogP contribution in [0.5, 0.6) is 0 Å². The minimum Gasteiger partial charge on any atom is -0.326 e. The number of sulfonamides is 1. The van der Waals surface area contributed by atoms with E-state index in [2.05, 4.69) is 15.6 Å². The fourth-order valence-corrected chi connectivity index (χ4v) is 4.01. The zero-order valence-corrected chi connectivity index (χ0v) is 15.7. The van der Waals surface area contributed by atoms with Crippen LogP contribution < -0.4 is 15.6 Å². The Morgan fingerprint density at radius 1 is 1.19 bits per heavy atom. The maximum absolute atomic E-state index is 12.3. The molecule has 2 aromatic carbocycles. The molecule has 0 bridgehead atoms. The SMILES string of the molecule is O=C(CSc1ccc(Cl)cc1)NNS(=O)(=O)c1ccc2c(c1)CC(=O)N2. The average molecular weight is 412 g/mol. The first kappa shape index (κ1) is 18.7. The summed E-state index contributed by atoms with van der Waals surface area (Å²) in [4.78, 5) is 26.1. The molecule has 3 rings (SSSR count). The van der Waals surface area contributed by atoms with Crippen molar-refractivity contribution in [1.29, 1.82) is 0 Å². The summed E-state index contributed by atoms with van der Waals surface area (Å²) in [5.41, 5.74) is 3.37. The molecular weight excluding hydrogens is 398 g/mol. The Bertz CT molecular complexity index is 962. The van der Waals surface area contributed by atoms with Crippen LogP contribution in [-0.2, 0) is 26.0 Å². The second kappa shape index (κ2) is 7.67. The third kappa shape index (κ3) is 4.55. The molecule has 26 heavy (non-hydrogen) atoms. The third-order valence-corrected chi connectivity index (χ3v) is 6.03. The molecule has 0 spiro atoms. The van der Waals surface area contributed by atoms with E-state index in [9.17, 15) is 18.0 Å². The minimum atomic E-state index is -3.93. The van der Waals surface area contributed by atoms with Crippen LogP contribution in [0.4, 0.5) is 5.69 Å². The molecule has 2 amide bonds. The van der Waals surface area contributed by atoms with Crippen LogP contribution in [0.1, 0.15) is 5.56 Å². The predicted octanol–water partition coefficient (Wildman–Crippen LogP) is 1.94. The van der Waals surface area contributed by atoms with Crippen LogP contribution in [0.15, 0.2) is 52.3 Å². The molecule has 0 saturated carbocycles. The van der Waals surface area contributed by atoms with Crippen molar-refractivity contribution in [1.82, 2.24) is 10.3 Å². The van der Waals surface area contributed by atoms with E-state index in [0.717, 1.165) is 4.90 Å². The number of carbonyl (C=O) groups is 2. The Labute approximate surface area is 159 Å². The van der Waals surface area contributed by atoms with E-state index in [4.69, 9.17) is 11.6 Å². The van der Waals surface area contributed by atoms with Gasteiger partial charge >= 0.3 is 0 Å². The number of carbonyl (C=O) groups excluding carboxylic acids is 2. The molecule has 0 unspecified atom stereocenters. The number of benzene rings is 2. The summed E-state index contributed by atoms with van der Waals surface area (Å²) >= 11 is 7.04. The molecule has 0 aliphatic carbocycles. The molecule has 1 aliphatic rings. The van der Waals surface area contributed by atoms with Crippen molar-refractivity contribution in [2.45, 2.75) is 16.2 Å². The van der Waals surface area contributed by atoms with E-state index >= 15 is 0 Å². The van der Waals surface area contributed by atoms with E-state index in [1.807, 2.05) is 0 Å². The number of nitrogens with one attached hydrogen (secondary N) is 3. The highest BCUT2D eigenvalue weighted by atomic mass is 35.5. The number of fused-ring (bicyclic) bond motifs is 1. The van der Waals surface area contributed by atoms with Gasteiger partial charge in [-0.25, -0.2) is 8.42 Å². The number of rotatable bonds is 6. The zero-order chi connectivity index (χ0) is 18.7. The Morgan fingerprint density at radius 2 is 1.92 bits per heavy atom. The zero-order valence-electron chi connectivity index (χ0n) is 13.3. The number of hydrogen-bond donors (Lipinski definition) is 3. The Hall–Kier alpha value is -2.07. The third-order valence-electron chi connectivity index (χ3n) is 3.52. The molecule has 1 aliphatic heterocycles. The van der Waals surface area contributed by atoms with Crippen LogP contribution in [0.3, 0.4) is 0 Å². The second-order valence-electron chi connectivity index (χ2n) is 5.44. The highest BCUT2D eigenvalue weighted by Gasteiger charge is 2.22. The molecule has 0 saturated heterocycles. The minimum absolute atomic E-state index is 0.0293. The van der Waals surface area contributed by atoms with E-state index < -0.39 is 15.9 Å². The van der Waals surface area contributed by atoms with Crippen molar-refractivity contribution in [2.24, 2.45) is 0 Å². The molecule has 7 nitrogen and oxygen atoms in total. The molecule has 0 radical (unpaired) electrons.